The second-order valence-corrected chi connectivity index (χ2v) is 5.35. The zero-order valence-corrected chi connectivity index (χ0v) is 17.0. The molecule has 3 N–H and O–H groups in total. The minimum Gasteiger partial charge on any atom is -0.357 e. The Hall–Kier alpha value is -1.61. The van der Waals surface area contributed by atoms with Gasteiger partial charge in [-0.3, -0.25) is 4.79 Å². The Bertz CT molecular complexity index is 546. The zero-order valence-electron chi connectivity index (χ0n) is 14.6. The molecular formula is C17H28IN5O. The molecule has 1 aromatic carbocycles. The van der Waals surface area contributed by atoms with Crippen molar-refractivity contribution >= 4 is 41.5 Å². The number of hydrogen-bond acceptors (Lipinski definition) is 3. The summed E-state index contributed by atoms with van der Waals surface area (Å²) in [5.41, 5.74) is 1.82. The van der Waals surface area contributed by atoms with E-state index in [0.29, 0.717) is 19.6 Å². The second-order valence-electron chi connectivity index (χ2n) is 5.35. The van der Waals surface area contributed by atoms with Crippen molar-refractivity contribution in [2.45, 2.75) is 13.5 Å². The van der Waals surface area contributed by atoms with E-state index in [4.69, 9.17) is 0 Å². The lowest BCUT2D eigenvalue weighted by molar-refractivity contribution is -0.116. The van der Waals surface area contributed by atoms with Crippen LogP contribution in [0.2, 0.25) is 0 Å². The summed E-state index contributed by atoms with van der Waals surface area (Å²) in [7, 11) is 3.73. The molecule has 134 valence electrons. The van der Waals surface area contributed by atoms with E-state index in [1.165, 1.54) is 0 Å². The summed E-state index contributed by atoms with van der Waals surface area (Å²) in [6, 6.07) is 7.72. The third-order valence-electron chi connectivity index (χ3n) is 2.85. The normalized spacial score (nSPS) is 10.8. The maximum Gasteiger partial charge on any atom is 0.238 e. The molecule has 0 aromatic heterocycles. The van der Waals surface area contributed by atoms with Gasteiger partial charge >= 0.3 is 0 Å². The van der Waals surface area contributed by atoms with Gasteiger partial charge in [-0.1, -0.05) is 18.2 Å². The van der Waals surface area contributed by atoms with Crippen LogP contribution in [0.5, 0.6) is 0 Å². The molecule has 0 saturated heterocycles. The molecule has 1 rings (SSSR count). The third kappa shape index (κ3) is 9.51. The molecule has 7 heteroatoms. The van der Waals surface area contributed by atoms with Crippen LogP contribution in [0, 0.1) is 0 Å². The number of hydrogen-bond donors (Lipinski definition) is 3. The fraction of sp³-hybridized carbons (Fsp3) is 0.412. The first-order chi connectivity index (χ1) is 11.0. The first kappa shape index (κ1) is 22.4. The monoisotopic (exact) mass is 445 g/mol. The van der Waals surface area contributed by atoms with Crippen molar-refractivity contribution in [2.24, 2.45) is 4.99 Å². The van der Waals surface area contributed by atoms with Crippen LogP contribution >= 0.6 is 24.0 Å². The number of anilines is 1. The van der Waals surface area contributed by atoms with Crippen molar-refractivity contribution in [3.8, 4) is 0 Å². The Labute approximate surface area is 161 Å². The highest BCUT2D eigenvalue weighted by Crippen LogP contribution is 2.11. The molecular weight excluding hydrogens is 417 g/mol. The van der Waals surface area contributed by atoms with Crippen LogP contribution in [-0.4, -0.2) is 50.5 Å². The van der Waals surface area contributed by atoms with Crippen molar-refractivity contribution in [2.75, 3.05) is 39.0 Å². The first-order valence-electron chi connectivity index (χ1n) is 7.71. The number of guanidine groups is 1. The van der Waals surface area contributed by atoms with Gasteiger partial charge in [-0.15, -0.1) is 30.6 Å². The van der Waals surface area contributed by atoms with Crippen molar-refractivity contribution in [1.82, 2.24) is 15.5 Å². The Morgan fingerprint density at radius 3 is 2.71 bits per heavy atom. The van der Waals surface area contributed by atoms with E-state index < -0.39 is 0 Å². The van der Waals surface area contributed by atoms with Gasteiger partial charge in [0.2, 0.25) is 5.91 Å². The molecule has 0 fully saturated rings. The molecule has 1 aromatic rings. The molecule has 0 heterocycles. The summed E-state index contributed by atoms with van der Waals surface area (Å²) in [5.74, 6) is 0.714. The van der Waals surface area contributed by atoms with Crippen molar-refractivity contribution in [3.63, 3.8) is 0 Å². The number of nitrogens with one attached hydrogen (secondary N) is 3. The number of benzene rings is 1. The van der Waals surface area contributed by atoms with E-state index in [0.717, 1.165) is 23.8 Å². The summed E-state index contributed by atoms with van der Waals surface area (Å²) in [6.07, 6.45) is 1.79. The summed E-state index contributed by atoms with van der Waals surface area (Å²) >= 11 is 0. The first-order valence-corrected chi connectivity index (χ1v) is 7.71. The largest absolute Gasteiger partial charge is 0.357 e. The zero-order chi connectivity index (χ0) is 17.1. The van der Waals surface area contributed by atoms with Gasteiger partial charge in [-0.2, -0.15) is 0 Å². The number of nitrogens with zero attached hydrogens (tertiary/aromatic N) is 2. The van der Waals surface area contributed by atoms with E-state index in [1.807, 2.05) is 50.2 Å². The number of likely N-dealkylation sites (N-methyl/N-ethyl adjacent to an activating group) is 1. The molecule has 0 spiro atoms. The molecule has 24 heavy (non-hydrogen) atoms. The summed E-state index contributed by atoms with van der Waals surface area (Å²) in [5, 5.41) is 9.21. The Morgan fingerprint density at radius 1 is 1.33 bits per heavy atom. The van der Waals surface area contributed by atoms with Gasteiger partial charge < -0.3 is 20.9 Å². The molecule has 6 nitrogen and oxygen atoms in total. The molecule has 0 aliphatic rings. The average Bonchev–Trinajstić information content (AvgIpc) is 2.49. The molecule has 0 unspecified atom stereocenters. The maximum absolute atomic E-state index is 11.8. The van der Waals surface area contributed by atoms with Crippen LogP contribution in [0.25, 0.3) is 0 Å². The van der Waals surface area contributed by atoms with E-state index in [-0.39, 0.29) is 29.9 Å². The van der Waals surface area contributed by atoms with E-state index in [9.17, 15) is 4.79 Å². The summed E-state index contributed by atoms with van der Waals surface area (Å²) in [4.78, 5) is 18.1. The minimum atomic E-state index is -0.0309. The van der Waals surface area contributed by atoms with Crippen LogP contribution in [0.15, 0.2) is 41.9 Å². The van der Waals surface area contributed by atoms with Crippen LogP contribution in [-0.2, 0) is 11.3 Å². The number of aliphatic imine (C=N–C) groups is 1. The Kier molecular flexibility index (Phi) is 11.9. The number of carbonyl (C=O) groups is 1. The molecule has 0 atom stereocenters. The van der Waals surface area contributed by atoms with Crippen LogP contribution in [0.4, 0.5) is 5.69 Å². The number of amides is 1. The van der Waals surface area contributed by atoms with Gasteiger partial charge in [0.15, 0.2) is 5.96 Å². The number of carbonyl (C=O) groups excluding carboxylic acids is 1. The van der Waals surface area contributed by atoms with Crippen LogP contribution < -0.4 is 16.0 Å². The second kappa shape index (κ2) is 12.8. The van der Waals surface area contributed by atoms with Crippen molar-refractivity contribution in [1.29, 1.82) is 0 Å². The SMILES string of the molecule is C=CCNC(=NCc1cccc(NC(=O)CN(C)C)c1)NCC.I. The summed E-state index contributed by atoms with van der Waals surface area (Å²) < 4.78 is 0. The van der Waals surface area contributed by atoms with Crippen LogP contribution in [0.1, 0.15) is 12.5 Å². The van der Waals surface area contributed by atoms with Gasteiger partial charge in [0.25, 0.3) is 0 Å². The smallest absolute Gasteiger partial charge is 0.238 e. The Morgan fingerprint density at radius 2 is 2.08 bits per heavy atom. The van der Waals surface area contributed by atoms with Crippen LogP contribution in [0.3, 0.4) is 0 Å². The van der Waals surface area contributed by atoms with Gasteiger partial charge in [0.05, 0.1) is 13.1 Å². The standard InChI is InChI=1S/C17H27N5O.HI/c1-5-10-19-17(18-6-2)20-12-14-8-7-9-15(11-14)21-16(23)13-22(3)4;/h5,7-9,11H,1,6,10,12-13H2,2-4H3,(H,21,23)(H2,18,19,20);1H. The maximum atomic E-state index is 11.8. The fourth-order valence-corrected chi connectivity index (χ4v) is 1.92. The topological polar surface area (TPSA) is 68.8 Å². The number of halogens is 1. The highest BCUT2D eigenvalue weighted by Gasteiger charge is 2.04. The third-order valence-corrected chi connectivity index (χ3v) is 2.85. The highest BCUT2D eigenvalue weighted by molar-refractivity contribution is 14.0. The molecule has 0 saturated carbocycles. The molecule has 0 bridgehead atoms. The van der Waals surface area contributed by atoms with E-state index >= 15 is 0 Å². The number of rotatable bonds is 8. The van der Waals surface area contributed by atoms with Crippen molar-refractivity contribution in [3.05, 3.63) is 42.5 Å². The molecule has 0 aliphatic heterocycles. The van der Waals surface area contributed by atoms with Gasteiger partial charge in [-0.05, 0) is 38.7 Å². The predicted octanol–water partition coefficient (Wildman–Crippen LogP) is 2.05. The minimum absolute atomic E-state index is 0. The molecule has 1 amide bonds. The van der Waals surface area contributed by atoms with Gasteiger partial charge in [0, 0.05) is 18.8 Å². The van der Waals surface area contributed by atoms with Gasteiger partial charge in [0.1, 0.15) is 0 Å². The summed E-state index contributed by atoms with van der Waals surface area (Å²) in [6.45, 7) is 8.05. The van der Waals surface area contributed by atoms with E-state index in [2.05, 4.69) is 27.5 Å². The van der Waals surface area contributed by atoms with Crippen molar-refractivity contribution < 1.29 is 4.79 Å². The molecule has 0 radical (unpaired) electrons. The quantitative estimate of drug-likeness (QED) is 0.248. The Balaban J connectivity index is 0.00000529. The predicted molar refractivity (Wildman–Crippen MR) is 112 cm³/mol. The fourth-order valence-electron chi connectivity index (χ4n) is 1.92. The average molecular weight is 445 g/mol. The lowest BCUT2D eigenvalue weighted by atomic mass is 10.2. The molecule has 0 aliphatic carbocycles. The highest BCUT2D eigenvalue weighted by atomic mass is 127. The lowest BCUT2D eigenvalue weighted by Crippen LogP contribution is -2.37. The van der Waals surface area contributed by atoms with Gasteiger partial charge in [-0.25, -0.2) is 4.99 Å². The lowest BCUT2D eigenvalue weighted by Gasteiger charge is -2.11. The van der Waals surface area contributed by atoms with E-state index in [1.54, 1.807) is 6.08 Å².